The Morgan fingerprint density at radius 3 is 0.971 bits per heavy atom. The molecule has 2 heterocycles. The number of phenolic OH excluding ortho intramolecular Hbond substituents is 2. The largest absolute Gasteiger partial charge is 0.507 e. The van der Waals surface area contributed by atoms with E-state index in [1.165, 1.54) is 33.4 Å². The minimum Gasteiger partial charge on any atom is -0.507 e. The van der Waals surface area contributed by atoms with E-state index < -0.39 is 40.5 Å². The van der Waals surface area contributed by atoms with Gasteiger partial charge in [0.05, 0.1) is 0 Å². The zero-order chi connectivity index (χ0) is 48.4. The predicted octanol–water partition coefficient (Wildman–Crippen LogP) is 18.3. The Bertz CT molecular complexity index is 2860. The summed E-state index contributed by atoms with van der Waals surface area (Å²) in [6.07, 6.45) is 10.0. The molecule has 4 atom stereocenters. The zero-order valence-corrected chi connectivity index (χ0v) is 48.9. The molecule has 2 aliphatic heterocycles. The molecule has 69 heavy (non-hydrogen) atoms. The standard InChI is InChI=1S/2C12H13.2C10H9.2C8H10O.2C2H4.ClH.2Zr/c2*1-8-6-11-9(2)4-5-10(3)12(11)7-8;2*1-8-6-9-4-2-3-5-10(9)7-8;2*1-6-4-3-5-7(2)8(6)9;2*1-2;;;/h2*4-7H,1-3H3;2*2-7H,1H3;2*3-5,9H,1-2H3;2*1-2H2;1H;;. The van der Waals surface area contributed by atoms with Crippen molar-refractivity contribution in [3.8, 4) is 11.5 Å². The summed E-state index contributed by atoms with van der Waals surface area (Å²) in [7, 11) is 0. The van der Waals surface area contributed by atoms with E-state index in [9.17, 15) is 10.2 Å². The molecule has 12 rings (SSSR count). The summed E-state index contributed by atoms with van der Waals surface area (Å²) in [5.74, 6) is 0.829. The average Bonchev–Trinajstić information content (AvgIpc) is 4.11. The molecule has 6 aliphatic rings. The molecule has 0 bridgehead atoms. The third kappa shape index (κ3) is 9.35. The van der Waals surface area contributed by atoms with Crippen LogP contribution >= 0.6 is 12.4 Å². The second-order valence-electron chi connectivity index (χ2n) is 21.5. The summed E-state index contributed by atoms with van der Waals surface area (Å²) in [5, 5.41) is 18.4. The van der Waals surface area contributed by atoms with Gasteiger partial charge < -0.3 is 10.2 Å². The number of benzene rings is 6. The predicted molar refractivity (Wildman–Crippen MR) is 292 cm³/mol. The van der Waals surface area contributed by atoms with E-state index >= 15 is 0 Å². The molecule has 0 saturated carbocycles. The zero-order valence-electron chi connectivity index (χ0n) is 43.1. The van der Waals surface area contributed by atoms with Gasteiger partial charge in [-0.05, 0) is 49.9 Å². The van der Waals surface area contributed by atoms with Gasteiger partial charge >= 0.3 is 313 Å². The Labute approximate surface area is 429 Å². The molecule has 2 saturated heterocycles. The number of aromatic hydroxyl groups is 2. The quantitative estimate of drug-likeness (QED) is 0.185. The Morgan fingerprint density at radius 1 is 0.333 bits per heavy atom. The van der Waals surface area contributed by atoms with Crippen molar-refractivity contribution in [2.45, 2.75) is 114 Å². The molecule has 0 amide bonds. The first-order valence-electron chi connectivity index (χ1n) is 25.1. The number of hydrogen-bond donors (Lipinski definition) is 2. The first-order chi connectivity index (χ1) is 32.5. The maximum atomic E-state index is 9.21. The molecule has 6 aromatic carbocycles. The van der Waals surface area contributed by atoms with Crippen molar-refractivity contribution in [3.63, 3.8) is 0 Å². The van der Waals surface area contributed by atoms with Crippen LogP contribution in [-0.2, 0) is 40.5 Å². The fourth-order valence-electron chi connectivity index (χ4n) is 13.3. The van der Waals surface area contributed by atoms with Gasteiger partial charge in [0.2, 0.25) is 0 Å². The maximum Gasteiger partial charge on any atom is 0.121 e. The molecule has 0 spiro atoms. The SMILES string of the molecule is CC1=Cc2c(C)ccc(C)c2[CH]1[Zr]1([CH]2C(C)=Cc3c(C)ccc(C)c32)[CH2][CH2]1.CC1=Cc2ccccc2[CH]1[Zr]1([CH]2C(C)=Cc3ccccc32)[CH2][CH2]1.Cc1cccc(C)c1O.Cc1cccc(C)c1O.Cl. The van der Waals surface area contributed by atoms with Crippen molar-refractivity contribution >= 4 is 36.7 Å². The molecule has 2 nitrogen and oxygen atoms in total. The van der Waals surface area contributed by atoms with Crippen LogP contribution in [0.2, 0.25) is 16.5 Å². The van der Waals surface area contributed by atoms with Crippen LogP contribution in [0.25, 0.3) is 24.3 Å². The van der Waals surface area contributed by atoms with E-state index in [1.54, 1.807) is 72.2 Å². The molecule has 356 valence electrons. The number of halogens is 1. The van der Waals surface area contributed by atoms with Crippen LogP contribution in [0.15, 0.2) is 131 Å². The van der Waals surface area contributed by atoms with Crippen LogP contribution in [0.3, 0.4) is 0 Å². The number of allylic oxidation sites excluding steroid dienone is 4. The van der Waals surface area contributed by atoms with Crippen LogP contribution < -0.4 is 0 Å². The molecule has 6 aromatic rings. The Kier molecular flexibility index (Phi) is 15.0. The molecule has 4 aliphatic carbocycles. The van der Waals surface area contributed by atoms with Gasteiger partial charge in [0.15, 0.2) is 0 Å². The molecule has 0 radical (unpaired) electrons. The van der Waals surface area contributed by atoms with Gasteiger partial charge in [-0.15, -0.1) is 12.4 Å². The maximum absolute atomic E-state index is 9.21. The van der Waals surface area contributed by atoms with Crippen LogP contribution in [-0.4, -0.2) is 10.2 Å². The van der Waals surface area contributed by atoms with E-state index in [0.717, 1.165) is 36.8 Å². The average molecular weight is 1090 g/mol. The van der Waals surface area contributed by atoms with Gasteiger partial charge in [0.1, 0.15) is 11.5 Å². The van der Waals surface area contributed by atoms with E-state index in [-0.39, 0.29) is 12.4 Å². The number of fused-ring (bicyclic) bond motifs is 4. The smallest absolute Gasteiger partial charge is 0.121 e. The van der Waals surface area contributed by atoms with Crippen molar-refractivity contribution in [1.29, 1.82) is 0 Å². The molecule has 5 heteroatoms. The monoisotopic (exact) mass is 1090 g/mol. The summed E-state index contributed by atoms with van der Waals surface area (Å²) in [5.41, 5.74) is 29.2. The first kappa shape index (κ1) is 51.3. The van der Waals surface area contributed by atoms with Crippen LogP contribution in [0, 0.1) is 55.4 Å². The van der Waals surface area contributed by atoms with E-state index in [0.29, 0.717) is 11.5 Å². The van der Waals surface area contributed by atoms with Gasteiger partial charge in [-0.2, -0.15) is 0 Å². The van der Waals surface area contributed by atoms with Crippen molar-refractivity contribution in [2.24, 2.45) is 0 Å². The number of rotatable bonds is 4. The fourth-order valence-corrected chi connectivity index (χ4v) is 49.2. The summed E-state index contributed by atoms with van der Waals surface area (Å²) in [6.45, 7) is 26.5. The Morgan fingerprint density at radius 2 is 0.638 bits per heavy atom. The normalized spacial score (nSPS) is 20.8. The van der Waals surface area contributed by atoms with Crippen LogP contribution in [0.1, 0.15) is 131 Å². The number of hydrogen-bond acceptors (Lipinski definition) is 2. The molecular formula is C64H73ClO2Zr2. The molecule has 0 aromatic heterocycles. The first-order valence-corrected chi connectivity index (χ1v) is 37.7. The van der Waals surface area contributed by atoms with E-state index in [2.05, 4.69) is 152 Å². The van der Waals surface area contributed by atoms with Gasteiger partial charge in [-0.25, -0.2) is 0 Å². The van der Waals surface area contributed by atoms with Gasteiger partial charge in [-0.1, -0.05) is 36.4 Å². The van der Waals surface area contributed by atoms with Crippen molar-refractivity contribution < 1.29 is 50.7 Å². The number of aryl methyl sites for hydroxylation is 8. The number of phenols is 2. The summed E-state index contributed by atoms with van der Waals surface area (Å²) >= 11 is -4.65. The Balaban J connectivity index is 0.000000137. The molecular weight excluding hydrogens is 1020 g/mol. The topological polar surface area (TPSA) is 40.5 Å². The van der Waals surface area contributed by atoms with Crippen LogP contribution in [0.5, 0.6) is 11.5 Å². The third-order valence-electron chi connectivity index (χ3n) is 16.8. The van der Waals surface area contributed by atoms with Crippen molar-refractivity contribution in [2.75, 3.05) is 0 Å². The van der Waals surface area contributed by atoms with Crippen LogP contribution in [0.4, 0.5) is 0 Å². The van der Waals surface area contributed by atoms with Gasteiger partial charge in [0, 0.05) is 0 Å². The second-order valence-corrected chi connectivity index (χ2v) is 44.3. The van der Waals surface area contributed by atoms with Crippen molar-refractivity contribution in [3.05, 3.63) is 221 Å². The van der Waals surface area contributed by atoms with E-state index in [1.807, 2.05) is 64.1 Å². The molecule has 2 N–H and O–H groups in total. The van der Waals surface area contributed by atoms with Gasteiger partial charge in [-0.3, -0.25) is 0 Å². The van der Waals surface area contributed by atoms with Crippen molar-refractivity contribution in [1.82, 2.24) is 0 Å². The number of para-hydroxylation sites is 2. The van der Waals surface area contributed by atoms with Gasteiger partial charge in [0.25, 0.3) is 0 Å². The molecule has 4 unspecified atom stereocenters. The fraction of sp³-hybridized carbons (Fsp3) is 0.312. The van der Waals surface area contributed by atoms with E-state index in [4.69, 9.17) is 0 Å². The molecule has 2 fully saturated rings. The summed E-state index contributed by atoms with van der Waals surface area (Å²) < 4.78 is 9.41. The minimum absolute atomic E-state index is 0. The Hall–Kier alpha value is -4.06. The third-order valence-corrected chi connectivity index (χ3v) is 43.7. The summed E-state index contributed by atoms with van der Waals surface area (Å²) in [6, 6.07) is 39.1. The summed E-state index contributed by atoms with van der Waals surface area (Å²) in [4.78, 5) is 0. The minimum atomic E-state index is -2.40. The second kappa shape index (κ2) is 20.2.